The molecule has 1 heterocycles. The maximum atomic E-state index is 11.9. The van der Waals surface area contributed by atoms with Crippen LogP contribution in [0.25, 0.3) is 0 Å². The molecule has 7 heteroatoms. The van der Waals surface area contributed by atoms with E-state index in [4.69, 9.17) is 16.3 Å². The molecule has 0 bridgehead atoms. The Morgan fingerprint density at radius 1 is 1.07 bits per heavy atom. The van der Waals surface area contributed by atoms with Crippen molar-refractivity contribution in [3.63, 3.8) is 0 Å². The van der Waals surface area contributed by atoms with E-state index < -0.39 is 11.8 Å². The minimum absolute atomic E-state index is 0.0313. The molecule has 1 unspecified atom stereocenters. The van der Waals surface area contributed by atoms with Gasteiger partial charge in [0.25, 0.3) is 0 Å². The number of ether oxygens (including phenoxy) is 1. The second kappa shape index (κ2) is 9.50. The highest BCUT2D eigenvalue weighted by Gasteiger charge is 2.22. The molecule has 1 atom stereocenters. The molecule has 2 amide bonds. The van der Waals surface area contributed by atoms with Crippen molar-refractivity contribution < 1.29 is 14.3 Å². The molecule has 2 N–H and O–H groups in total. The number of carbonyl (C=O) groups is 2. The summed E-state index contributed by atoms with van der Waals surface area (Å²) in [4.78, 5) is 26.1. The predicted molar refractivity (Wildman–Crippen MR) is 105 cm³/mol. The number of halogens is 1. The van der Waals surface area contributed by atoms with Crippen LogP contribution in [0.3, 0.4) is 0 Å². The smallest absolute Gasteiger partial charge is 0.313 e. The van der Waals surface area contributed by atoms with Gasteiger partial charge in [-0.2, -0.15) is 0 Å². The summed E-state index contributed by atoms with van der Waals surface area (Å²) >= 11 is 5.80. The van der Waals surface area contributed by atoms with Crippen LogP contribution in [0, 0.1) is 0 Å². The average molecular weight is 388 g/mol. The van der Waals surface area contributed by atoms with Gasteiger partial charge in [-0.25, -0.2) is 0 Å². The van der Waals surface area contributed by atoms with Gasteiger partial charge in [0.2, 0.25) is 0 Å². The van der Waals surface area contributed by atoms with Crippen molar-refractivity contribution in [2.75, 3.05) is 38.1 Å². The van der Waals surface area contributed by atoms with Gasteiger partial charge < -0.3 is 15.4 Å². The van der Waals surface area contributed by atoms with Crippen molar-refractivity contribution in [3.8, 4) is 0 Å². The minimum Gasteiger partial charge on any atom is -0.371 e. The molecule has 6 nitrogen and oxygen atoms in total. The van der Waals surface area contributed by atoms with E-state index in [9.17, 15) is 9.59 Å². The third-order valence-corrected chi connectivity index (χ3v) is 4.60. The zero-order valence-electron chi connectivity index (χ0n) is 14.9. The van der Waals surface area contributed by atoms with E-state index in [1.807, 2.05) is 18.2 Å². The molecule has 0 saturated carbocycles. The van der Waals surface area contributed by atoms with Gasteiger partial charge in [0, 0.05) is 36.9 Å². The quantitative estimate of drug-likeness (QED) is 0.773. The SMILES string of the molecule is O=C(NCCN1CCOC(c2ccccc2)C1)C(=O)Nc1ccc(Cl)cc1. The Balaban J connectivity index is 1.41. The number of anilines is 1. The van der Waals surface area contributed by atoms with Crippen molar-refractivity contribution in [3.05, 3.63) is 65.2 Å². The zero-order valence-corrected chi connectivity index (χ0v) is 15.6. The van der Waals surface area contributed by atoms with Crippen molar-refractivity contribution in [2.45, 2.75) is 6.10 Å². The Kier molecular flexibility index (Phi) is 6.81. The molecule has 2 aromatic rings. The highest BCUT2D eigenvalue weighted by molar-refractivity contribution is 6.39. The van der Waals surface area contributed by atoms with E-state index in [2.05, 4.69) is 27.7 Å². The fourth-order valence-electron chi connectivity index (χ4n) is 2.90. The Labute approximate surface area is 163 Å². The topological polar surface area (TPSA) is 70.7 Å². The average Bonchev–Trinajstić information content (AvgIpc) is 2.70. The maximum Gasteiger partial charge on any atom is 0.313 e. The van der Waals surface area contributed by atoms with Gasteiger partial charge in [0.15, 0.2) is 0 Å². The lowest BCUT2D eigenvalue weighted by Gasteiger charge is -2.33. The number of amides is 2. The normalized spacial score (nSPS) is 17.3. The lowest BCUT2D eigenvalue weighted by molar-refractivity contribution is -0.136. The van der Waals surface area contributed by atoms with E-state index in [1.54, 1.807) is 24.3 Å². The Bertz CT molecular complexity index is 768. The third kappa shape index (κ3) is 5.79. The molecule has 3 rings (SSSR count). The van der Waals surface area contributed by atoms with E-state index in [1.165, 1.54) is 0 Å². The second-order valence-electron chi connectivity index (χ2n) is 6.29. The summed E-state index contributed by atoms with van der Waals surface area (Å²) in [6.07, 6.45) is 0.0313. The molecule has 0 spiro atoms. The van der Waals surface area contributed by atoms with Crippen LogP contribution in [0.1, 0.15) is 11.7 Å². The summed E-state index contributed by atoms with van der Waals surface area (Å²) in [6.45, 7) is 3.26. The molecule has 142 valence electrons. The van der Waals surface area contributed by atoms with Crippen molar-refractivity contribution >= 4 is 29.1 Å². The summed E-state index contributed by atoms with van der Waals surface area (Å²) < 4.78 is 5.83. The second-order valence-corrected chi connectivity index (χ2v) is 6.72. The molecule has 0 radical (unpaired) electrons. The third-order valence-electron chi connectivity index (χ3n) is 4.34. The van der Waals surface area contributed by atoms with Crippen LogP contribution in [0.2, 0.25) is 5.02 Å². The van der Waals surface area contributed by atoms with Crippen LogP contribution < -0.4 is 10.6 Å². The van der Waals surface area contributed by atoms with Gasteiger partial charge in [-0.1, -0.05) is 41.9 Å². The number of rotatable bonds is 5. The first-order chi connectivity index (χ1) is 13.1. The summed E-state index contributed by atoms with van der Waals surface area (Å²) in [5, 5.41) is 5.77. The van der Waals surface area contributed by atoms with Gasteiger partial charge in [0.1, 0.15) is 0 Å². The van der Waals surface area contributed by atoms with Gasteiger partial charge in [0.05, 0.1) is 12.7 Å². The van der Waals surface area contributed by atoms with Crippen LogP contribution in [-0.4, -0.2) is 49.5 Å². The summed E-state index contributed by atoms with van der Waals surface area (Å²) in [6, 6.07) is 16.7. The number of hydrogen-bond acceptors (Lipinski definition) is 4. The minimum atomic E-state index is -0.693. The number of morpholine rings is 1. The Hall–Kier alpha value is -2.41. The highest BCUT2D eigenvalue weighted by atomic mass is 35.5. The fourth-order valence-corrected chi connectivity index (χ4v) is 3.03. The number of hydrogen-bond donors (Lipinski definition) is 2. The molecule has 1 aliphatic rings. The highest BCUT2D eigenvalue weighted by Crippen LogP contribution is 2.21. The largest absolute Gasteiger partial charge is 0.371 e. The van der Waals surface area contributed by atoms with Crippen molar-refractivity contribution in [2.24, 2.45) is 0 Å². The summed E-state index contributed by atoms with van der Waals surface area (Å²) in [5.41, 5.74) is 1.67. The van der Waals surface area contributed by atoms with Crippen LogP contribution >= 0.6 is 11.6 Å². The van der Waals surface area contributed by atoms with Crippen molar-refractivity contribution in [1.82, 2.24) is 10.2 Å². The lowest BCUT2D eigenvalue weighted by atomic mass is 10.1. The van der Waals surface area contributed by atoms with E-state index in [0.29, 0.717) is 30.4 Å². The summed E-state index contributed by atoms with van der Waals surface area (Å²) in [5.74, 6) is -1.35. The van der Waals surface area contributed by atoms with E-state index in [-0.39, 0.29) is 6.10 Å². The number of nitrogens with one attached hydrogen (secondary N) is 2. The monoisotopic (exact) mass is 387 g/mol. The van der Waals surface area contributed by atoms with Gasteiger partial charge in [-0.3, -0.25) is 14.5 Å². The van der Waals surface area contributed by atoms with E-state index >= 15 is 0 Å². The van der Waals surface area contributed by atoms with Crippen LogP contribution in [0.15, 0.2) is 54.6 Å². The number of nitrogens with zero attached hydrogens (tertiary/aromatic N) is 1. The first-order valence-electron chi connectivity index (χ1n) is 8.85. The standard InChI is InChI=1S/C20H22ClN3O3/c21-16-6-8-17(9-7-16)23-20(26)19(25)22-10-11-24-12-13-27-18(14-24)15-4-2-1-3-5-15/h1-9,18H,10-14H2,(H,22,25)(H,23,26). The van der Waals surface area contributed by atoms with E-state index in [0.717, 1.165) is 18.7 Å². The van der Waals surface area contributed by atoms with Crippen LogP contribution in [0.5, 0.6) is 0 Å². The number of carbonyl (C=O) groups excluding carboxylic acids is 2. The number of benzene rings is 2. The first-order valence-corrected chi connectivity index (χ1v) is 9.23. The molecule has 1 aliphatic heterocycles. The van der Waals surface area contributed by atoms with Gasteiger partial charge in [-0.15, -0.1) is 0 Å². The van der Waals surface area contributed by atoms with Crippen LogP contribution in [-0.2, 0) is 14.3 Å². The molecule has 0 aliphatic carbocycles. The zero-order chi connectivity index (χ0) is 19.1. The summed E-state index contributed by atoms with van der Waals surface area (Å²) in [7, 11) is 0. The van der Waals surface area contributed by atoms with Crippen LogP contribution in [0.4, 0.5) is 5.69 Å². The van der Waals surface area contributed by atoms with Gasteiger partial charge >= 0.3 is 11.8 Å². The molecular weight excluding hydrogens is 366 g/mol. The molecule has 1 saturated heterocycles. The first kappa shape index (κ1) is 19.4. The fraction of sp³-hybridized carbons (Fsp3) is 0.300. The Morgan fingerprint density at radius 3 is 2.56 bits per heavy atom. The molecular formula is C20H22ClN3O3. The molecule has 0 aromatic heterocycles. The Morgan fingerprint density at radius 2 is 1.81 bits per heavy atom. The van der Waals surface area contributed by atoms with Gasteiger partial charge in [-0.05, 0) is 29.8 Å². The maximum absolute atomic E-state index is 11.9. The molecule has 1 fully saturated rings. The predicted octanol–water partition coefficient (Wildman–Crippen LogP) is 2.47. The van der Waals surface area contributed by atoms with Crippen molar-refractivity contribution in [1.29, 1.82) is 0 Å². The molecule has 2 aromatic carbocycles. The lowest BCUT2D eigenvalue weighted by Crippen LogP contribution is -2.44. The molecule has 27 heavy (non-hydrogen) atoms.